The zero-order chi connectivity index (χ0) is 14.4. The van der Waals surface area contributed by atoms with Crippen LogP contribution in [0.25, 0.3) is 0 Å². The van der Waals surface area contributed by atoms with Gasteiger partial charge in [-0.1, -0.05) is 30.3 Å². The van der Waals surface area contributed by atoms with Crippen LogP contribution in [0, 0.1) is 0 Å². The van der Waals surface area contributed by atoms with E-state index in [1.165, 1.54) is 19.6 Å². The number of furan rings is 1. The van der Waals surface area contributed by atoms with E-state index in [0.717, 1.165) is 5.56 Å². The van der Waals surface area contributed by atoms with Crippen molar-refractivity contribution in [2.75, 3.05) is 7.11 Å². The second-order valence-corrected chi connectivity index (χ2v) is 4.23. The molecular weight excluding hydrogens is 258 g/mol. The molecule has 1 aromatic heterocycles. The van der Waals surface area contributed by atoms with Gasteiger partial charge in [0.25, 0.3) is 5.91 Å². The molecule has 0 saturated heterocycles. The predicted octanol–water partition coefficient (Wildman–Crippen LogP) is 2.31. The minimum Gasteiger partial charge on any atom is -0.472 e. The molecule has 0 unspecified atom stereocenters. The van der Waals surface area contributed by atoms with Crippen molar-refractivity contribution in [2.45, 2.75) is 12.5 Å². The summed E-state index contributed by atoms with van der Waals surface area (Å²) in [5, 5.41) is 2.80. The topological polar surface area (TPSA) is 68.5 Å². The summed E-state index contributed by atoms with van der Waals surface area (Å²) in [7, 11) is 1.32. The third-order valence-corrected chi connectivity index (χ3v) is 2.89. The van der Waals surface area contributed by atoms with E-state index in [1.54, 1.807) is 6.07 Å². The van der Waals surface area contributed by atoms with Gasteiger partial charge in [0.15, 0.2) is 0 Å². The number of hydrogen-bond donors (Lipinski definition) is 1. The molecule has 2 rings (SSSR count). The summed E-state index contributed by atoms with van der Waals surface area (Å²) < 4.78 is 9.54. The second kappa shape index (κ2) is 6.56. The number of methoxy groups -OCH3 is 1. The quantitative estimate of drug-likeness (QED) is 0.849. The van der Waals surface area contributed by atoms with E-state index in [1.807, 2.05) is 30.3 Å². The van der Waals surface area contributed by atoms with Crippen LogP contribution < -0.4 is 5.32 Å². The van der Waals surface area contributed by atoms with Gasteiger partial charge in [-0.15, -0.1) is 0 Å². The van der Waals surface area contributed by atoms with Crippen LogP contribution in [-0.2, 0) is 9.53 Å². The normalized spacial score (nSPS) is 11.7. The van der Waals surface area contributed by atoms with Gasteiger partial charge in [-0.2, -0.15) is 0 Å². The van der Waals surface area contributed by atoms with Gasteiger partial charge < -0.3 is 14.5 Å². The van der Waals surface area contributed by atoms with E-state index in [-0.39, 0.29) is 18.3 Å². The van der Waals surface area contributed by atoms with E-state index in [2.05, 4.69) is 10.1 Å². The van der Waals surface area contributed by atoms with Gasteiger partial charge in [-0.05, 0) is 11.6 Å². The molecule has 0 saturated carbocycles. The number of ether oxygens (including phenoxy) is 1. The van der Waals surface area contributed by atoms with Crippen molar-refractivity contribution in [1.29, 1.82) is 0 Å². The highest BCUT2D eigenvalue weighted by Crippen LogP contribution is 2.18. The van der Waals surface area contributed by atoms with Crippen molar-refractivity contribution in [3.63, 3.8) is 0 Å². The number of carbonyl (C=O) groups is 2. The summed E-state index contributed by atoms with van der Waals surface area (Å²) in [6.07, 6.45) is 2.85. The van der Waals surface area contributed by atoms with Crippen molar-refractivity contribution in [3.05, 3.63) is 60.1 Å². The Labute approximate surface area is 116 Å². The van der Waals surface area contributed by atoms with Crippen molar-refractivity contribution < 1.29 is 18.7 Å². The summed E-state index contributed by atoms with van der Waals surface area (Å²) in [6, 6.07) is 10.4. The van der Waals surface area contributed by atoms with E-state index in [4.69, 9.17) is 4.42 Å². The number of rotatable bonds is 5. The molecule has 0 aliphatic rings. The van der Waals surface area contributed by atoms with E-state index < -0.39 is 6.04 Å². The zero-order valence-electron chi connectivity index (χ0n) is 11.0. The Morgan fingerprint density at radius 3 is 2.60 bits per heavy atom. The summed E-state index contributed by atoms with van der Waals surface area (Å²) in [4.78, 5) is 23.5. The van der Waals surface area contributed by atoms with Gasteiger partial charge in [0.2, 0.25) is 0 Å². The minimum atomic E-state index is -0.439. The molecule has 0 aliphatic heterocycles. The molecule has 1 heterocycles. The van der Waals surface area contributed by atoms with Gasteiger partial charge in [-0.25, -0.2) is 0 Å². The summed E-state index contributed by atoms with van der Waals surface area (Å²) in [5.74, 6) is -0.678. The van der Waals surface area contributed by atoms with Crippen LogP contribution in [0.5, 0.6) is 0 Å². The van der Waals surface area contributed by atoms with E-state index in [9.17, 15) is 9.59 Å². The number of benzene rings is 1. The first-order valence-corrected chi connectivity index (χ1v) is 6.15. The first kappa shape index (κ1) is 13.9. The Hall–Kier alpha value is -2.56. The molecule has 0 radical (unpaired) electrons. The number of amides is 1. The largest absolute Gasteiger partial charge is 0.472 e. The molecule has 1 amide bonds. The van der Waals surface area contributed by atoms with Gasteiger partial charge in [0.1, 0.15) is 6.26 Å². The molecule has 0 fully saturated rings. The maximum absolute atomic E-state index is 12.0. The molecule has 0 aliphatic carbocycles. The van der Waals surface area contributed by atoms with E-state index >= 15 is 0 Å². The van der Waals surface area contributed by atoms with Crippen LogP contribution in [0.15, 0.2) is 53.3 Å². The summed E-state index contributed by atoms with van der Waals surface area (Å²) >= 11 is 0. The standard InChI is InChI=1S/C15H15NO4/c1-19-14(17)9-13(11-5-3-2-4-6-11)16-15(18)12-7-8-20-10-12/h2-8,10,13H,9H2,1H3,(H,16,18)/t13-/m1/s1. The number of nitrogens with one attached hydrogen (secondary N) is 1. The Balaban J connectivity index is 2.14. The Kier molecular flexibility index (Phi) is 4.55. The van der Waals surface area contributed by atoms with Gasteiger partial charge in [0, 0.05) is 0 Å². The van der Waals surface area contributed by atoms with Crippen LogP contribution in [0.1, 0.15) is 28.4 Å². The lowest BCUT2D eigenvalue weighted by Gasteiger charge is -2.17. The molecule has 20 heavy (non-hydrogen) atoms. The molecule has 104 valence electrons. The van der Waals surface area contributed by atoms with Crippen molar-refractivity contribution >= 4 is 11.9 Å². The van der Waals surface area contributed by atoms with Crippen molar-refractivity contribution in [1.82, 2.24) is 5.32 Å². The molecule has 1 atom stereocenters. The van der Waals surface area contributed by atoms with Crippen molar-refractivity contribution in [3.8, 4) is 0 Å². The van der Waals surface area contributed by atoms with Gasteiger partial charge >= 0.3 is 5.97 Å². The third-order valence-electron chi connectivity index (χ3n) is 2.89. The molecule has 2 aromatic rings. The molecule has 1 aromatic carbocycles. The molecular formula is C15H15NO4. The highest BCUT2D eigenvalue weighted by Gasteiger charge is 2.19. The lowest BCUT2D eigenvalue weighted by atomic mass is 10.0. The lowest BCUT2D eigenvalue weighted by Crippen LogP contribution is -2.30. The molecule has 5 heteroatoms. The van der Waals surface area contributed by atoms with Crippen LogP contribution in [0.2, 0.25) is 0 Å². The van der Waals surface area contributed by atoms with E-state index in [0.29, 0.717) is 5.56 Å². The second-order valence-electron chi connectivity index (χ2n) is 4.23. The Bertz CT molecular complexity index is 563. The molecule has 1 N–H and O–H groups in total. The zero-order valence-corrected chi connectivity index (χ0v) is 11.0. The fourth-order valence-electron chi connectivity index (χ4n) is 1.82. The Morgan fingerprint density at radius 1 is 1.25 bits per heavy atom. The van der Waals surface area contributed by atoms with Gasteiger partial charge in [-0.3, -0.25) is 9.59 Å². The van der Waals surface area contributed by atoms with Gasteiger partial charge in [0.05, 0.1) is 31.4 Å². The molecule has 5 nitrogen and oxygen atoms in total. The lowest BCUT2D eigenvalue weighted by molar-refractivity contribution is -0.141. The first-order valence-electron chi connectivity index (χ1n) is 6.15. The van der Waals surface area contributed by atoms with Crippen LogP contribution in [-0.4, -0.2) is 19.0 Å². The van der Waals surface area contributed by atoms with Crippen LogP contribution in [0.3, 0.4) is 0 Å². The minimum absolute atomic E-state index is 0.0735. The smallest absolute Gasteiger partial charge is 0.307 e. The van der Waals surface area contributed by atoms with Crippen molar-refractivity contribution in [2.24, 2.45) is 0 Å². The first-order chi connectivity index (χ1) is 9.70. The average molecular weight is 273 g/mol. The van der Waals surface area contributed by atoms with Crippen LogP contribution >= 0.6 is 0 Å². The maximum atomic E-state index is 12.0. The Morgan fingerprint density at radius 2 is 2.00 bits per heavy atom. The summed E-state index contributed by atoms with van der Waals surface area (Å²) in [5.41, 5.74) is 1.26. The molecule has 0 bridgehead atoms. The SMILES string of the molecule is COC(=O)C[C@@H](NC(=O)c1ccoc1)c1ccccc1. The average Bonchev–Trinajstić information content (AvgIpc) is 3.01. The monoisotopic (exact) mass is 273 g/mol. The summed E-state index contributed by atoms with van der Waals surface area (Å²) in [6.45, 7) is 0. The third kappa shape index (κ3) is 3.47. The molecule has 0 spiro atoms. The number of carbonyl (C=O) groups excluding carboxylic acids is 2. The number of esters is 1. The predicted molar refractivity (Wildman–Crippen MR) is 72.0 cm³/mol. The van der Waals surface area contributed by atoms with Crippen LogP contribution in [0.4, 0.5) is 0 Å². The maximum Gasteiger partial charge on any atom is 0.307 e. The number of hydrogen-bond acceptors (Lipinski definition) is 4. The fraction of sp³-hybridized carbons (Fsp3) is 0.200. The fourth-order valence-corrected chi connectivity index (χ4v) is 1.82. The highest BCUT2D eigenvalue weighted by molar-refractivity contribution is 5.94. The highest BCUT2D eigenvalue weighted by atomic mass is 16.5.